The Bertz CT molecular complexity index is 1160. The monoisotopic (exact) mass is 639 g/mol. The number of carbonyl (C=O) groups excluding carboxylic acids is 3. The molecule has 9 nitrogen and oxygen atoms in total. The van der Waals surface area contributed by atoms with Gasteiger partial charge in [0.25, 0.3) is 0 Å². The Balaban J connectivity index is 1.58. The van der Waals surface area contributed by atoms with Gasteiger partial charge in [0.05, 0.1) is 43.6 Å². The van der Waals surface area contributed by atoms with Crippen molar-refractivity contribution in [2.75, 3.05) is 26.3 Å². The van der Waals surface area contributed by atoms with E-state index in [0.717, 1.165) is 31.2 Å². The average molecular weight is 640 g/mol. The predicted octanol–water partition coefficient (Wildman–Crippen LogP) is 4.37. The fourth-order valence-electron chi connectivity index (χ4n) is 7.56. The minimum absolute atomic E-state index is 0.0614. The van der Waals surface area contributed by atoms with E-state index < -0.39 is 35.6 Å². The number of morpholine rings is 1. The number of hydrogen-bond donors (Lipinski definition) is 3. The summed E-state index contributed by atoms with van der Waals surface area (Å²) in [5.74, 6) is -1.48. The van der Waals surface area contributed by atoms with Gasteiger partial charge in [0, 0.05) is 25.7 Å². The third kappa shape index (κ3) is 9.71. The van der Waals surface area contributed by atoms with E-state index in [1.807, 2.05) is 58.0 Å². The zero-order chi connectivity index (χ0) is 33.3. The summed E-state index contributed by atoms with van der Waals surface area (Å²) in [4.78, 5) is 48.9. The van der Waals surface area contributed by atoms with Crippen molar-refractivity contribution in [3.05, 3.63) is 35.9 Å². The average Bonchev–Trinajstić information content (AvgIpc) is 3.34. The second kappa shape index (κ2) is 17.0. The number of Topliss-reactive ketones (excluding diaryl/α,β-unsaturated/α-hetero) is 1. The molecule has 0 aromatic heterocycles. The fourth-order valence-corrected chi connectivity index (χ4v) is 7.56. The fraction of sp³-hybridized carbons (Fsp3) is 0.730. The number of nitrogens with zero attached hydrogens (tertiary/aromatic N) is 2. The minimum atomic E-state index is -1.30. The van der Waals surface area contributed by atoms with Gasteiger partial charge < -0.3 is 25.2 Å². The number of aliphatic imine (C=N–C) groups is 1. The van der Waals surface area contributed by atoms with E-state index in [0.29, 0.717) is 51.5 Å². The molecule has 1 saturated heterocycles. The smallest absolute Gasteiger partial charge is 0.225 e. The van der Waals surface area contributed by atoms with Crippen LogP contribution < -0.4 is 5.32 Å². The van der Waals surface area contributed by atoms with Crippen LogP contribution in [0.15, 0.2) is 35.3 Å². The molecule has 2 aliphatic heterocycles. The van der Waals surface area contributed by atoms with Crippen LogP contribution in [0.1, 0.15) is 91.0 Å². The van der Waals surface area contributed by atoms with Gasteiger partial charge in [-0.05, 0) is 42.6 Å². The lowest BCUT2D eigenvalue weighted by molar-refractivity contribution is -0.140. The highest BCUT2D eigenvalue weighted by Crippen LogP contribution is 2.37. The highest BCUT2D eigenvalue weighted by molar-refractivity contribution is 6.10. The van der Waals surface area contributed by atoms with Crippen LogP contribution in [0.3, 0.4) is 0 Å². The van der Waals surface area contributed by atoms with E-state index in [1.54, 1.807) is 11.1 Å². The van der Waals surface area contributed by atoms with E-state index in [4.69, 9.17) is 9.73 Å². The molecule has 2 fully saturated rings. The van der Waals surface area contributed by atoms with Gasteiger partial charge in [-0.2, -0.15) is 0 Å². The standard InChI is InChI=1S/C37H57N3O6/c1-25(2)19-29(36(45)39-31(21-27-11-7-5-8-12-27)34(43)32(41)20-26(3)4)30-24-38-37(35(30)44,22-28-13-9-6-10-14-28)23-33(42)40-15-17-46-18-16-40/h6,9-10,13-14,24-27,29-32,34,41,43H,5,7-8,11-12,15-23H2,1-4H3,(H,39,45)/t29-,30?,31+,32?,34?,37+/m1/s1. The van der Waals surface area contributed by atoms with Crippen LogP contribution in [0, 0.1) is 29.6 Å². The molecule has 2 heterocycles. The van der Waals surface area contributed by atoms with Gasteiger partial charge in [-0.1, -0.05) is 90.1 Å². The Hall–Kier alpha value is -2.62. The lowest BCUT2D eigenvalue weighted by atomic mass is 9.75. The van der Waals surface area contributed by atoms with Gasteiger partial charge in [0.2, 0.25) is 11.8 Å². The molecule has 1 saturated carbocycles. The molecule has 4 rings (SSSR count). The van der Waals surface area contributed by atoms with Crippen molar-refractivity contribution in [1.82, 2.24) is 10.2 Å². The number of aliphatic hydroxyl groups excluding tert-OH is 2. The van der Waals surface area contributed by atoms with E-state index in [2.05, 4.69) is 5.32 Å². The molecule has 3 aliphatic rings. The van der Waals surface area contributed by atoms with Crippen LogP contribution in [-0.2, 0) is 25.5 Å². The lowest BCUT2D eigenvalue weighted by Crippen LogP contribution is -2.53. The van der Waals surface area contributed by atoms with E-state index >= 15 is 0 Å². The zero-order valence-electron chi connectivity index (χ0n) is 28.4. The van der Waals surface area contributed by atoms with Gasteiger partial charge in [-0.25, -0.2) is 0 Å². The van der Waals surface area contributed by atoms with Crippen molar-refractivity contribution in [3.8, 4) is 0 Å². The van der Waals surface area contributed by atoms with Crippen molar-refractivity contribution < 1.29 is 29.3 Å². The number of hydrogen-bond acceptors (Lipinski definition) is 7. The van der Waals surface area contributed by atoms with Crippen molar-refractivity contribution in [2.45, 2.75) is 116 Å². The molecule has 46 heavy (non-hydrogen) atoms. The molecule has 0 spiro atoms. The first-order valence-electron chi connectivity index (χ1n) is 17.6. The SMILES string of the molecule is CC(C)CC(O)C(O)[C@H](CC1CCCCC1)NC(=O)[C@H](CC(C)C)C1C=N[C@](CC(=O)N2CCOCC2)(Cc2ccccc2)C1=O. The van der Waals surface area contributed by atoms with Crippen LogP contribution in [0.5, 0.6) is 0 Å². The summed E-state index contributed by atoms with van der Waals surface area (Å²) in [5, 5.41) is 25.4. The first kappa shape index (κ1) is 36.2. The second-order valence-electron chi connectivity index (χ2n) is 14.8. The number of ketones is 1. The maximum Gasteiger partial charge on any atom is 0.225 e. The summed E-state index contributed by atoms with van der Waals surface area (Å²) >= 11 is 0. The van der Waals surface area contributed by atoms with Crippen LogP contribution >= 0.6 is 0 Å². The molecule has 0 bridgehead atoms. The molecule has 0 radical (unpaired) electrons. The van der Waals surface area contributed by atoms with E-state index in [1.165, 1.54) is 6.42 Å². The number of aliphatic hydroxyl groups is 2. The highest BCUT2D eigenvalue weighted by Gasteiger charge is 2.51. The van der Waals surface area contributed by atoms with Crippen LogP contribution in [0.25, 0.3) is 0 Å². The molecule has 3 unspecified atom stereocenters. The molecule has 6 atom stereocenters. The van der Waals surface area contributed by atoms with Crippen molar-refractivity contribution in [1.29, 1.82) is 0 Å². The zero-order valence-corrected chi connectivity index (χ0v) is 28.4. The number of amides is 2. The summed E-state index contributed by atoms with van der Waals surface area (Å²) in [5.41, 5.74) is -0.395. The molecule has 1 aliphatic carbocycles. The maximum atomic E-state index is 14.6. The molecule has 1 aromatic carbocycles. The molecule has 2 amide bonds. The Morgan fingerprint density at radius 2 is 1.65 bits per heavy atom. The van der Waals surface area contributed by atoms with E-state index in [-0.39, 0.29) is 42.3 Å². The third-order valence-corrected chi connectivity index (χ3v) is 10.0. The predicted molar refractivity (Wildman–Crippen MR) is 179 cm³/mol. The molecule has 9 heteroatoms. The molecular formula is C37H57N3O6. The number of rotatable bonds is 15. The second-order valence-corrected chi connectivity index (χ2v) is 14.8. The van der Waals surface area contributed by atoms with Gasteiger partial charge in [0.15, 0.2) is 5.78 Å². The Kier molecular flexibility index (Phi) is 13.4. The largest absolute Gasteiger partial charge is 0.390 e. The maximum absolute atomic E-state index is 14.6. The van der Waals surface area contributed by atoms with Crippen LogP contribution in [-0.4, -0.2) is 89.0 Å². The van der Waals surface area contributed by atoms with Gasteiger partial charge in [-0.3, -0.25) is 19.4 Å². The first-order valence-corrected chi connectivity index (χ1v) is 17.6. The summed E-state index contributed by atoms with van der Waals surface area (Å²) in [6, 6.07) is 8.99. The summed E-state index contributed by atoms with van der Waals surface area (Å²) < 4.78 is 5.43. The normalized spacial score (nSPS) is 25.1. The molecule has 256 valence electrons. The molecule has 1 aromatic rings. The lowest BCUT2D eigenvalue weighted by Gasteiger charge is -2.35. The Morgan fingerprint density at radius 1 is 1.00 bits per heavy atom. The van der Waals surface area contributed by atoms with Crippen molar-refractivity contribution in [2.24, 2.45) is 34.6 Å². The highest BCUT2D eigenvalue weighted by atomic mass is 16.5. The Labute approximate surface area is 275 Å². The summed E-state index contributed by atoms with van der Waals surface area (Å²) in [6.07, 6.45) is 6.78. The topological polar surface area (TPSA) is 129 Å². The van der Waals surface area contributed by atoms with Crippen molar-refractivity contribution in [3.63, 3.8) is 0 Å². The van der Waals surface area contributed by atoms with Crippen LogP contribution in [0.4, 0.5) is 0 Å². The van der Waals surface area contributed by atoms with Gasteiger partial charge >= 0.3 is 0 Å². The minimum Gasteiger partial charge on any atom is -0.390 e. The molecular weight excluding hydrogens is 582 g/mol. The quantitative estimate of drug-likeness (QED) is 0.262. The molecule has 3 N–H and O–H groups in total. The van der Waals surface area contributed by atoms with Gasteiger partial charge in [-0.15, -0.1) is 0 Å². The van der Waals surface area contributed by atoms with Crippen LogP contribution in [0.2, 0.25) is 0 Å². The number of benzene rings is 1. The van der Waals surface area contributed by atoms with E-state index in [9.17, 15) is 24.6 Å². The number of ether oxygens (including phenoxy) is 1. The number of nitrogens with one attached hydrogen (secondary N) is 1. The third-order valence-electron chi connectivity index (χ3n) is 10.0. The summed E-state index contributed by atoms with van der Waals surface area (Å²) in [7, 11) is 0. The number of carbonyl (C=O) groups is 3. The van der Waals surface area contributed by atoms with Crippen molar-refractivity contribution >= 4 is 23.8 Å². The first-order chi connectivity index (χ1) is 22.0. The Morgan fingerprint density at radius 3 is 2.28 bits per heavy atom. The summed E-state index contributed by atoms with van der Waals surface area (Å²) in [6.45, 7) is 9.94. The van der Waals surface area contributed by atoms with Gasteiger partial charge in [0.1, 0.15) is 11.6 Å².